The molecule has 2 aromatic rings. The SMILES string of the molecule is Cc1ccc(NC(=O)OC(C)(C)CC(C)OC(C)(C)C(=O)Nc2ccc(C)c(OC#N)c2)cc1OC#N. The molecule has 0 aromatic heterocycles. The van der Waals surface area contributed by atoms with Gasteiger partial charge in [0.2, 0.25) is 0 Å². The molecule has 0 radical (unpaired) electrons. The van der Waals surface area contributed by atoms with E-state index in [1.807, 2.05) is 0 Å². The van der Waals surface area contributed by atoms with Gasteiger partial charge in [0.15, 0.2) is 0 Å². The van der Waals surface area contributed by atoms with E-state index in [9.17, 15) is 9.59 Å². The second-order valence-electron chi connectivity index (χ2n) is 9.72. The minimum absolute atomic E-state index is 0.304. The van der Waals surface area contributed by atoms with E-state index in [2.05, 4.69) is 10.6 Å². The molecule has 37 heavy (non-hydrogen) atoms. The highest BCUT2D eigenvalue weighted by atomic mass is 16.6. The van der Waals surface area contributed by atoms with Gasteiger partial charge in [-0.05, 0) is 71.7 Å². The molecule has 0 bridgehead atoms. The van der Waals surface area contributed by atoms with Gasteiger partial charge in [0.25, 0.3) is 18.4 Å². The summed E-state index contributed by atoms with van der Waals surface area (Å²) in [6, 6.07) is 9.92. The van der Waals surface area contributed by atoms with Crippen LogP contribution in [0.1, 0.15) is 52.2 Å². The van der Waals surface area contributed by atoms with Gasteiger partial charge >= 0.3 is 6.09 Å². The number of benzene rings is 2. The van der Waals surface area contributed by atoms with Gasteiger partial charge in [-0.2, -0.15) is 0 Å². The van der Waals surface area contributed by atoms with Crippen LogP contribution in [0.15, 0.2) is 36.4 Å². The lowest BCUT2D eigenvalue weighted by Gasteiger charge is -2.33. The largest absolute Gasteiger partial charge is 0.443 e. The van der Waals surface area contributed by atoms with Gasteiger partial charge in [-0.15, -0.1) is 10.5 Å². The first kappa shape index (κ1) is 29.0. The molecule has 0 aliphatic rings. The molecule has 0 saturated carbocycles. The van der Waals surface area contributed by atoms with E-state index < -0.39 is 29.3 Å². The summed E-state index contributed by atoms with van der Waals surface area (Å²) < 4.78 is 21.4. The Kier molecular flexibility index (Phi) is 9.48. The Bertz CT molecular complexity index is 1230. The molecule has 0 heterocycles. The Hall–Kier alpha value is -4.28. The first-order valence-electron chi connectivity index (χ1n) is 11.6. The van der Waals surface area contributed by atoms with Gasteiger partial charge in [-0.3, -0.25) is 10.1 Å². The van der Waals surface area contributed by atoms with E-state index in [1.165, 1.54) is 6.07 Å². The minimum Gasteiger partial charge on any atom is -0.443 e. The first-order valence-corrected chi connectivity index (χ1v) is 11.6. The van der Waals surface area contributed by atoms with Crippen molar-refractivity contribution in [3.05, 3.63) is 47.5 Å². The summed E-state index contributed by atoms with van der Waals surface area (Å²) in [5.41, 5.74) is 0.249. The Labute approximate surface area is 217 Å². The Balaban J connectivity index is 1.96. The van der Waals surface area contributed by atoms with Crippen LogP contribution in [0, 0.1) is 36.9 Å². The van der Waals surface area contributed by atoms with Crippen LogP contribution >= 0.6 is 0 Å². The molecular formula is C27H32N4O6. The van der Waals surface area contributed by atoms with Crippen LogP contribution < -0.4 is 20.1 Å². The average molecular weight is 509 g/mol. The molecule has 0 aliphatic heterocycles. The number of rotatable bonds is 10. The average Bonchev–Trinajstić information content (AvgIpc) is 2.77. The summed E-state index contributed by atoms with van der Waals surface area (Å²) in [4.78, 5) is 25.4. The van der Waals surface area contributed by atoms with E-state index in [4.69, 9.17) is 29.5 Å². The zero-order chi connectivity index (χ0) is 27.8. The highest BCUT2D eigenvalue weighted by Gasteiger charge is 2.34. The van der Waals surface area contributed by atoms with E-state index in [1.54, 1.807) is 91.3 Å². The number of carbonyl (C=O) groups is 2. The Morgan fingerprint density at radius 3 is 1.86 bits per heavy atom. The molecule has 2 N–H and O–H groups in total. The molecule has 2 aromatic carbocycles. The summed E-state index contributed by atoms with van der Waals surface area (Å²) in [5.74, 6) is 0.294. The number of aryl methyl sites for hydroxylation is 2. The van der Waals surface area contributed by atoms with E-state index in [0.717, 1.165) is 11.1 Å². The van der Waals surface area contributed by atoms with Crippen LogP contribution in [-0.2, 0) is 14.3 Å². The maximum Gasteiger partial charge on any atom is 0.412 e. The molecule has 0 spiro atoms. The van der Waals surface area contributed by atoms with Gasteiger partial charge in [-0.1, -0.05) is 12.1 Å². The van der Waals surface area contributed by atoms with Crippen molar-refractivity contribution in [1.29, 1.82) is 10.5 Å². The van der Waals surface area contributed by atoms with Crippen LogP contribution in [0.3, 0.4) is 0 Å². The molecule has 196 valence electrons. The van der Waals surface area contributed by atoms with Crippen LogP contribution in [0.4, 0.5) is 16.2 Å². The number of nitrogens with one attached hydrogen (secondary N) is 2. The van der Waals surface area contributed by atoms with Gasteiger partial charge in [0.05, 0.1) is 6.10 Å². The number of ether oxygens (including phenoxy) is 4. The quantitative estimate of drug-likeness (QED) is 0.397. The first-order chi connectivity index (χ1) is 17.3. The van der Waals surface area contributed by atoms with Crippen LogP contribution in [0.25, 0.3) is 0 Å². The maximum absolute atomic E-state index is 12.9. The van der Waals surface area contributed by atoms with Gasteiger partial charge in [-0.25, -0.2) is 4.79 Å². The third-order valence-corrected chi connectivity index (χ3v) is 5.38. The molecule has 1 unspecified atom stereocenters. The summed E-state index contributed by atoms with van der Waals surface area (Å²) in [5, 5.41) is 22.9. The summed E-state index contributed by atoms with van der Waals surface area (Å²) >= 11 is 0. The smallest absolute Gasteiger partial charge is 0.412 e. The molecule has 0 fully saturated rings. The lowest BCUT2D eigenvalue weighted by Crippen LogP contribution is -2.44. The van der Waals surface area contributed by atoms with Crippen molar-refractivity contribution in [3.63, 3.8) is 0 Å². The number of hydrogen-bond donors (Lipinski definition) is 2. The number of hydrogen-bond acceptors (Lipinski definition) is 8. The van der Waals surface area contributed by atoms with Crippen molar-refractivity contribution >= 4 is 23.4 Å². The van der Waals surface area contributed by atoms with Gasteiger partial charge in [0, 0.05) is 29.9 Å². The normalized spacial score (nSPS) is 11.9. The van der Waals surface area contributed by atoms with Crippen molar-refractivity contribution in [2.24, 2.45) is 0 Å². The second-order valence-corrected chi connectivity index (χ2v) is 9.72. The molecule has 10 heteroatoms. The van der Waals surface area contributed by atoms with Crippen molar-refractivity contribution in [1.82, 2.24) is 0 Å². The van der Waals surface area contributed by atoms with Gasteiger partial charge in [0.1, 0.15) is 22.7 Å². The monoisotopic (exact) mass is 508 g/mol. The van der Waals surface area contributed by atoms with Gasteiger partial charge < -0.3 is 24.3 Å². The highest BCUT2D eigenvalue weighted by Crippen LogP contribution is 2.27. The molecule has 1 atom stereocenters. The van der Waals surface area contributed by atoms with Crippen LogP contribution in [0.5, 0.6) is 11.5 Å². The third-order valence-electron chi connectivity index (χ3n) is 5.38. The number of nitriles is 2. The number of carbonyl (C=O) groups excluding carboxylic acids is 2. The standard InChI is InChI=1S/C27H32N4O6/c1-17-8-10-20(12-22(17)34-15-28)30-24(32)27(6,7)36-19(3)14-26(4,5)37-25(33)31-21-11-9-18(2)23(13-21)35-16-29/h8-13,19H,14H2,1-7H3,(H,30,32)(H,31,33). The lowest BCUT2D eigenvalue weighted by atomic mass is 10.00. The predicted octanol–water partition coefficient (Wildman–Crippen LogP) is 5.56. The fraction of sp³-hybridized carbons (Fsp3) is 0.407. The van der Waals surface area contributed by atoms with Crippen LogP contribution in [-0.4, -0.2) is 29.3 Å². The molecule has 10 nitrogen and oxygen atoms in total. The van der Waals surface area contributed by atoms with Crippen molar-refractivity contribution in [2.75, 3.05) is 10.6 Å². The number of nitrogens with zero attached hydrogens (tertiary/aromatic N) is 2. The molecule has 2 amide bonds. The topological polar surface area (TPSA) is 143 Å². The Morgan fingerprint density at radius 2 is 1.38 bits per heavy atom. The zero-order valence-electron chi connectivity index (χ0n) is 22.1. The minimum atomic E-state index is -1.21. The third kappa shape index (κ3) is 8.71. The van der Waals surface area contributed by atoms with E-state index in [-0.39, 0.29) is 0 Å². The molecular weight excluding hydrogens is 476 g/mol. The number of anilines is 2. The highest BCUT2D eigenvalue weighted by molar-refractivity contribution is 5.97. The van der Waals surface area contributed by atoms with E-state index in [0.29, 0.717) is 29.3 Å². The van der Waals surface area contributed by atoms with Crippen molar-refractivity contribution < 1.29 is 28.5 Å². The van der Waals surface area contributed by atoms with Crippen molar-refractivity contribution in [2.45, 2.75) is 72.2 Å². The molecule has 0 aliphatic carbocycles. The summed E-state index contributed by atoms with van der Waals surface area (Å²) in [7, 11) is 0. The Morgan fingerprint density at radius 1 is 0.892 bits per heavy atom. The fourth-order valence-electron chi connectivity index (χ4n) is 3.68. The lowest BCUT2D eigenvalue weighted by molar-refractivity contribution is -0.146. The fourth-order valence-corrected chi connectivity index (χ4v) is 3.68. The summed E-state index contributed by atoms with van der Waals surface area (Å²) in [6.45, 7) is 12.1. The number of amides is 2. The predicted molar refractivity (Wildman–Crippen MR) is 137 cm³/mol. The zero-order valence-corrected chi connectivity index (χ0v) is 22.1. The molecule has 2 rings (SSSR count). The molecule has 0 saturated heterocycles. The van der Waals surface area contributed by atoms with Crippen LogP contribution in [0.2, 0.25) is 0 Å². The maximum atomic E-state index is 12.9. The summed E-state index contributed by atoms with van der Waals surface area (Å²) in [6.07, 6.45) is 2.41. The van der Waals surface area contributed by atoms with E-state index >= 15 is 0 Å². The van der Waals surface area contributed by atoms with Crippen molar-refractivity contribution in [3.8, 4) is 24.0 Å². The second kappa shape index (κ2) is 12.1.